The van der Waals surface area contributed by atoms with Gasteiger partial charge in [0.15, 0.2) is 5.58 Å². The summed E-state index contributed by atoms with van der Waals surface area (Å²) in [5.41, 5.74) is 10.1. The van der Waals surface area contributed by atoms with Crippen LogP contribution in [0.5, 0.6) is 0 Å². The summed E-state index contributed by atoms with van der Waals surface area (Å²) < 4.78 is 8.65. The number of pyridine rings is 1. The molecule has 3 aromatic heterocycles. The molecule has 0 saturated carbocycles. The Hall–Kier alpha value is -5.48. The normalized spacial score (nSPS) is 11.5. The van der Waals surface area contributed by atoms with Crippen molar-refractivity contribution in [3.8, 4) is 39.5 Å². The van der Waals surface area contributed by atoms with Crippen LogP contribution in [0.4, 0.5) is 0 Å². The van der Waals surface area contributed by atoms with Crippen molar-refractivity contribution in [3.05, 3.63) is 140 Å². The molecule has 0 aliphatic carbocycles. The van der Waals surface area contributed by atoms with Crippen LogP contribution in [0.15, 0.2) is 144 Å². The maximum absolute atomic E-state index is 6.33. The maximum Gasteiger partial charge on any atom is 0.227 e. The largest absolute Gasteiger partial charge is 0.436 e. The van der Waals surface area contributed by atoms with Crippen molar-refractivity contribution in [2.24, 2.45) is 0 Å². The topological polar surface area (TPSA) is 43.9 Å². The highest BCUT2D eigenvalue weighted by Crippen LogP contribution is 2.37. The zero-order valence-electron chi connectivity index (χ0n) is 21.5. The third kappa shape index (κ3) is 3.62. The van der Waals surface area contributed by atoms with Crippen LogP contribution in [0.25, 0.3) is 72.4 Å². The number of hydrogen-bond acceptors (Lipinski definition) is 3. The first-order chi connectivity index (χ1) is 19.8. The van der Waals surface area contributed by atoms with E-state index in [2.05, 4.69) is 94.5 Å². The summed E-state index contributed by atoms with van der Waals surface area (Å²) in [5, 5.41) is 2.39. The van der Waals surface area contributed by atoms with E-state index in [1.165, 1.54) is 10.8 Å². The number of nitrogens with zero attached hydrogens (tertiary/aromatic N) is 3. The Morgan fingerprint density at radius 3 is 2.25 bits per heavy atom. The number of oxazole rings is 1. The molecular formula is C36H23N3O. The van der Waals surface area contributed by atoms with Gasteiger partial charge in [-0.25, -0.2) is 4.98 Å². The molecular weight excluding hydrogens is 490 g/mol. The smallest absolute Gasteiger partial charge is 0.227 e. The van der Waals surface area contributed by atoms with E-state index in [0.717, 1.165) is 55.8 Å². The van der Waals surface area contributed by atoms with Gasteiger partial charge in [0.05, 0.1) is 16.7 Å². The number of rotatable bonds is 4. The summed E-state index contributed by atoms with van der Waals surface area (Å²) in [7, 11) is 0. The lowest BCUT2D eigenvalue weighted by atomic mass is 10.0. The highest BCUT2D eigenvalue weighted by Gasteiger charge is 2.17. The molecule has 5 aromatic carbocycles. The van der Waals surface area contributed by atoms with E-state index in [1.54, 1.807) is 0 Å². The van der Waals surface area contributed by atoms with Crippen molar-refractivity contribution in [2.45, 2.75) is 0 Å². The predicted octanol–water partition coefficient (Wildman–Crippen LogP) is 9.32. The molecule has 0 radical (unpaired) electrons. The Morgan fingerprint density at radius 2 is 1.35 bits per heavy atom. The van der Waals surface area contributed by atoms with E-state index in [1.807, 2.05) is 54.7 Å². The van der Waals surface area contributed by atoms with Crippen molar-refractivity contribution < 1.29 is 4.42 Å². The zero-order chi connectivity index (χ0) is 26.5. The van der Waals surface area contributed by atoms with E-state index in [9.17, 15) is 0 Å². The first kappa shape index (κ1) is 22.5. The maximum atomic E-state index is 6.33. The van der Waals surface area contributed by atoms with Crippen molar-refractivity contribution in [1.29, 1.82) is 0 Å². The van der Waals surface area contributed by atoms with Gasteiger partial charge < -0.3 is 8.98 Å². The zero-order valence-corrected chi connectivity index (χ0v) is 21.5. The second-order valence-corrected chi connectivity index (χ2v) is 9.89. The Morgan fingerprint density at radius 1 is 0.550 bits per heavy atom. The van der Waals surface area contributed by atoms with E-state index in [4.69, 9.17) is 9.40 Å². The number of fused-ring (bicyclic) bond motifs is 4. The van der Waals surface area contributed by atoms with Gasteiger partial charge in [-0.1, -0.05) is 84.9 Å². The summed E-state index contributed by atoms with van der Waals surface area (Å²) in [5.74, 6) is 0.610. The lowest BCUT2D eigenvalue weighted by Crippen LogP contribution is -1.95. The van der Waals surface area contributed by atoms with Crippen molar-refractivity contribution in [2.75, 3.05) is 0 Å². The molecule has 0 aliphatic heterocycles. The molecule has 8 rings (SSSR count). The number of benzene rings is 5. The van der Waals surface area contributed by atoms with E-state index in [-0.39, 0.29) is 0 Å². The molecule has 0 unspecified atom stereocenters. The quantitative estimate of drug-likeness (QED) is 0.235. The van der Waals surface area contributed by atoms with Crippen LogP contribution in [-0.4, -0.2) is 14.5 Å². The Labute approximate surface area is 230 Å². The van der Waals surface area contributed by atoms with E-state index in [0.29, 0.717) is 5.89 Å². The van der Waals surface area contributed by atoms with Crippen LogP contribution in [0.2, 0.25) is 0 Å². The molecule has 40 heavy (non-hydrogen) atoms. The SMILES string of the molecule is c1ccc(-c2cccc3oc(-c4ccc5c6ccccc6n(-c6cccc(-c7ccccn7)c6)c5c4)nc23)cc1. The lowest BCUT2D eigenvalue weighted by molar-refractivity contribution is 0.620. The molecule has 4 heteroatoms. The highest BCUT2D eigenvalue weighted by molar-refractivity contribution is 6.10. The van der Waals surface area contributed by atoms with Crippen molar-refractivity contribution >= 4 is 32.9 Å². The monoisotopic (exact) mass is 513 g/mol. The second kappa shape index (κ2) is 9.07. The average molecular weight is 514 g/mol. The lowest BCUT2D eigenvalue weighted by Gasteiger charge is -2.10. The summed E-state index contributed by atoms with van der Waals surface area (Å²) in [6.45, 7) is 0. The van der Waals surface area contributed by atoms with Gasteiger partial charge >= 0.3 is 0 Å². The minimum absolute atomic E-state index is 0.610. The molecule has 3 heterocycles. The summed E-state index contributed by atoms with van der Waals surface area (Å²) in [6, 6.07) is 46.0. The molecule has 0 amide bonds. The fourth-order valence-electron chi connectivity index (χ4n) is 5.64. The van der Waals surface area contributed by atoms with Crippen LogP contribution < -0.4 is 0 Å². The van der Waals surface area contributed by atoms with Gasteiger partial charge in [0.2, 0.25) is 5.89 Å². The molecule has 0 N–H and O–H groups in total. The second-order valence-electron chi connectivity index (χ2n) is 9.89. The number of para-hydroxylation sites is 2. The van der Waals surface area contributed by atoms with Gasteiger partial charge in [0.25, 0.3) is 0 Å². The molecule has 4 nitrogen and oxygen atoms in total. The van der Waals surface area contributed by atoms with Crippen molar-refractivity contribution in [1.82, 2.24) is 14.5 Å². The van der Waals surface area contributed by atoms with Crippen LogP contribution >= 0.6 is 0 Å². The Balaban J connectivity index is 1.33. The molecule has 0 bridgehead atoms. The third-order valence-corrected chi connectivity index (χ3v) is 7.49. The highest BCUT2D eigenvalue weighted by atomic mass is 16.3. The number of aromatic nitrogens is 3. The fourth-order valence-corrected chi connectivity index (χ4v) is 5.64. The Kier molecular flexibility index (Phi) is 5.10. The van der Waals surface area contributed by atoms with Crippen LogP contribution in [-0.2, 0) is 0 Å². The van der Waals surface area contributed by atoms with Crippen LogP contribution in [0, 0.1) is 0 Å². The molecule has 8 aromatic rings. The van der Waals surface area contributed by atoms with Gasteiger partial charge in [-0.15, -0.1) is 0 Å². The van der Waals surface area contributed by atoms with Gasteiger partial charge in [-0.05, 0) is 54.1 Å². The summed E-state index contributed by atoms with van der Waals surface area (Å²) >= 11 is 0. The molecule has 188 valence electrons. The molecule has 0 spiro atoms. The minimum Gasteiger partial charge on any atom is -0.436 e. The van der Waals surface area contributed by atoms with Crippen LogP contribution in [0.1, 0.15) is 0 Å². The van der Waals surface area contributed by atoms with Gasteiger partial charge in [0.1, 0.15) is 5.52 Å². The standard InChI is InChI=1S/C36H23N3O/c1-2-10-24(11-3-1)28-15-9-18-34-35(28)38-36(40-34)26-19-20-30-29-14-4-5-17-32(29)39(33(30)23-26)27-13-8-12-25(22-27)31-16-6-7-21-37-31/h1-23H. The van der Waals surface area contributed by atoms with Gasteiger partial charge in [0, 0.05) is 39.3 Å². The van der Waals surface area contributed by atoms with Crippen molar-refractivity contribution in [3.63, 3.8) is 0 Å². The third-order valence-electron chi connectivity index (χ3n) is 7.49. The molecule has 0 saturated heterocycles. The molecule has 0 fully saturated rings. The number of hydrogen-bond donors (Lipinski definition) is 0. The summed E-state index contributed by atoms with van der Waals surface area (Å²) in [4.78, 5) is 9.56. The van der Waals surface area contributed by atoms with Gasteiger partial charge in [-0.2, -0.15) is 0 Å². The molecule has 0 atom stereocenters. The summed E-state index contributed by atoms with van der Waals surface area (Å²) in [6.07, 6.45) is 1.83. The fraction of sp³-hybridized carbons (Fsp3) is 0. The van der Waals surface area contributed by atoms with Gasteiger partial charge in [-0.3, -0.25) is 4.98 Å². The predicted molar refractivity (Wildman–Crippen MR) is 162 cm³/mol. The van der Waals surface area contributed by atoms with Crippen LogP contribution in [0.3, 0.4) is 0 Å². The molecule has 0 aliphatic rings. The first-order valence-electron chi connectivity index (χ1n) is 13.3. The van der Waals surface area contributed by atoms with E-state index < -0.39 is 0 Å². The first-order valence-corrected chi connectivity index (χ1v) is 13.3. The van der Waals surface area contributed by atoms with E-state index >= 15 is 0 Å². The average Bonchev–Trinajstić information content (AvgIpc) is 3.61. The minimum atomic E-state index is 0.610. The Bertz CT molecular complexity index is 2160.